The summed E-state index contributed by atoms with van der Waals surface area (Å²) in [4.78, 5) is 14.1. The van der Waals surface area contributed by atoms with Crippen molar-refractivity contribution < 1.29 is 9.66 Å². The molecular formula is C12H17N3O3. The molecule has 0 spiro atoms. The van der Waals surface area contributed by atoms with Gasteiger partial charge in [-0.1, -0.05) is 6.08 Å². The highest BCUT2D eigenvalue weighted by Gasteiger charge is 2.10. The van der Waals surface area contributed by atoms with E-state index in [1.54, 1.807) is 19.1 Å². The molecule has 98 valence electrons. The third kappa shape index (κ3) is 4.50. The lowest BCUT2D eigenvalue weighted by atomic mass is 10.2. The van der Waals surface area contributed by atoms with Gasteiger partial charge in [-0.2, -0.15) is 0 Å². The van der Waals surface area contributed by atoms with E-state index in [4.69, 9.17) is 4.74 Å². The van der Waals surface area contributed by atoms with Gasteiger partial charge in [0.2, 0.25) is 0 Å². The van der Waals surface area contributed by atoms with Crippen LogP contribution in [0.25, 0.3) is 0 Å². The van der Waals surface area contributed by atoms with E-state index in [-0.39, 0.29) is 5.69 Å². The van der Waals surface area contributed by atoms with Gasteiger partial charge in [-0.15, -0.1) is 6.58 Å². The van der Waals surface area contributed by atoms with Gasteiger partial charge in [-0.25, -0.2) is 4.98 Å². The van der Waals surface area contributed by atoms with Crippen LogP contribution >= 0.6 is 0 Å². The van der Waals surface area contributed by atoms with Crippen molar-refractivity contribution in [1.82, 2.24) is 4.98 Å². The summed E-state index contributed by atoms with van der Waals surface area (Å²) in [7, 11) is 0. The normalized spacial score (nSPS) is 10.1. The minimum Gasteiger partial charge on any atom is -0.379 e. The molecule has 1 aromatic heterocycles. The predicted octanol–water partition coefficient (Wildman–Crippen LogP) is 2.30. The van der Waals surface area contributed by atoms with Crippen molar-refractivity contribution in [3.05, 3.63) is 40.6 Å². The number of hydrogen-bond acceptors (Lipinski definition) is 5. The number of anilines is 1. The molecule has 0 radical (unpaired) electrons. The Bertz CT molecular complexity index is 421. The second-order valence-corrected chi connectivity index (χ2v) is 3.73. The minimum atomic E-state index is -0.440. The molecule has 0 aromatic carbocycles. The first-order chi connectivity index (χ1) is 8.65. The maximum atomic E-state index is 10.6. The van der Waals surface area contributed by atoms with E-state index in [1.807, 2.05) is 0 Å². The molecule has 0 fully saturated rings. The first-order valence-corrected chi connectivity index (χ1v) is 5.68. The molecule has 0 aliphatic rings. The van der Waals surface area contributed by atoms with E-state index in [1.165, 1.54) is 6.20 Å². The van der Waals surface area contributed by atoms with Crippen LogP contribution in [-0.2, 0) is 4.74 Å². The molecule has 18 heavy (non-hydrogen) atoms. The fraction of sp³-hybridized carbons (Fsp3) is 0.417. The third-order valence-electron chi connectivity index (χ3n) is 2.30. The molecule has 1 aromatic rings. The van der Waals surface area contributed by atoms with Crippen LogP contribution < -0.4 is 5.32 Å². The Hall–Kier alpha value is -1.95. The molecule has 0 bridgehead atoms. The van der Waals surface area contributed by atoms with E-state index in [9.17, 15) is 10.1 Å². The smallest absolute Gasteiger partial charge is 0.290 e. The van der Waals surface area contributed by atoms with Crippen molar-refractivity contribution in [2.75, 3.05) is 25.1 Å². The zero-order valence-electron chi connectivity index (χ0n) is 10.4. The molecule has 1 rings (SSSR count). The molecule has 0 saturated carbocycles. The summed E-state index contributed by atoms with van der Waals surface area (Å²) in [6, 6.07) is 1.65. The van der Waals surface area contributed by atoms with Gasteiger partial charge in [-0.05, 0) is 19.4 Å². The van der Waals surface area contributed by atoms with Crippen LogP contribution in [0.3, 0.4) is 0 Å². The maximum absolute atomic E-state index is 10.6. The first-order valence-electron chi connectivity index (χ1n) is 5.68. The largest absolute Gasteiger partial charge is 0.379 e. The third-order valence-corrected chi connectivity index (χ3v) is 2.30. The van der Waals surface area contributed by atoms with Gasteiger partial charge in [0.05, 0.1) is 18.1 Å². The van der Waals surface area contributed by atoms with Gasteiger partial charge in [0, 0.05) is 12.1 Å². The number of aromatic nitrogens is 1. The lowest BCUT2D eigenvalue weighted by Crippen LogP contribution is -2.11. The van der Waals surface area contributed by atoms with E-state index in [0.717, 1.165) is 6.42 Å². The Morgan fingerprint density at radius 3 is 3.00 bits per heavy atom. The molecular weight excluding hydrogens is 234 g/mol. The molecule has 6 nitrogen and oxygen atoms in total. The highest BCUT2D eigenvalue weighted by Crippen LogP contribution is 2.18. The van der Waals surface area contributed by atoms with E-state index >= 15 is 0 Å². The average molecular weight is 251 g/mol. The van der Waals surface area contributed by atoms with Gasteiger partial charge >= 0.3 is 0 Å². The number of nitrogens with zero attached hydrogens (tertiary/aromatic N) is 2. The average Bonchev–Trinajstić information content (AvgIpc) is 2.33. The van der Waals surface area contributed by atoms with Crippen molar-refractivity contribution in [3.63, 3.8) is 0 Å². The van der Waals surface area contributed by atoms with E-state index in [0.29, 0.717) is 31.1 Å². The molecule has 0 amide bonds. The van der Waals surface area contributed by atoms with Crippen LogP contribution in [-0.4, -0.2) is 29.7 Å². The molecule has 0 aliphatic heterocycles. The number of ether oxygens (including phenoxy) is 1. The highest BCUT2D eigenvalue weighted by molar-refractivity contribution is 5.46. The van der Waals surface area contributed by atoms with Crippen molar-refractivity contribution in [1.29, 1.82) is 0 Å². The van der Waals surface area contributed by atoms with Crippen LogP contribution in [0.2, 0.25) is 0 Å². The van der Waals surface area contributed by atoms with Gasteiger partial charge in [0.25, 0.3) is 5.69 Å². The maximum Gasteiger partial charge on any atom is 0.290 e. The minimum absolute atomic E-state index is 0.0304. The van der Waals surface area contributed by atoms with Crippen molar-refractivity contribution >= 4 is 11.5 Å². The van der Waals surface area contributed by atoms with Crippen LogP contribution in [0.15, 0.2) is 24.9 Å². The van der Waals surface area contributed by atoms with E-state index < -0.39 is 4.92 Å². The topological polar surface area (TPSA) is 77.3 Å². The number of rotatable bonds is 8. The SMILES string of the molecule is C=CCCOCCNc1cc(C)c([N+](=O)[O-])cn1. The number of pyridine rings is 1. The monoisotopic (exact) mass is 251 g/mol. The Kier molecular flexibility index (Phi) is 5.79. The predicted molar refractivity (Wildman–Crippen MR) is 69.8 cm³/mol. The summed E-state index contributed by atoms with van der Waals surface area (Å²) in [5.74, 6) is 0.616. The quantitative estimate of drug-likeness (QED) is 0.332. The zero-order chi connectivity index (χ0) is 13.4. The molecule has 1 N–H and O–H groups in total. The lowest BCUT2D eigenvalue weighted by Gasteiger charge is -2.06. The summed E-state index contributed by atoms with van der Waals surface area (Å²) in [6.07, 6.45) is 3.89. The lowest BCUT2D eigenvalue weighted by molar-refractivity contribution is -0.385. The number of aryl methyl sites for hydroxylation is 1. The molecule has 0 unspecified atom stereocenters. The van der Waals surface area contributed by atoms with Crippen LogP contribution in [0.5, 0.6) is 0 Å². The summed E-state index contributed by atoms with van der Waals surface area (Å²) in [6.45, 7) is 7.11. The van der Waals surface area contributed by atoms with Crippen molar-refractivity contribution in [2.45, 2.75) is 13.3 Å². The van der Waals surface area contributed by atoms with Gasteiger partial charge in [0.1, 0.15) is 12.0 Å². The Morgan fingerprint density at radius 1 is 1.61 bits per heavy atom. The summed E-state index contributed by atoms with van der Waals surface area (Å²) in [5.41, 5.74) is 0.618. The summed E-state index contributed by atoms with van der Waals surface area (Å²) in [5, 5.41) is 13.7. The second-order valence-electron chi connectivity index (χ2n) is 3.73. The fourth-order valence-corrected chi connectivity index (χ4v) is 1.36. The van der Waals surface area contributed by atoms with Crippen LogP contribution in [0.4, 0.5) is 11.5 Å². The highest BCUT2D eigenvalue weighted by atomic mass is 16.6. The van der Waals surface area contributed by atoms with Crippen molar-refractivity contribution in [2.24, 2.45) is 0 Å². The molecule has 0 saturated heterocycles. The van der Waals surface area contributed by atoms with Crippen LogP contribution in [0, 0.1) is 17.0 Å². The van der Waals surface area contributed by atoms with Gasteiger partial charge in [0.15, 0.2) is 0 Å². The molecule has 6 heteroatoms. The number of hydrogen-bond donors (Lipinski definition) is 1. The number of nitrogens with one attached hydrogen (secondary N) is 1. The molecule has 1 heterocycles. The van der Waals surface area contributed by atoms with Gasteiger partial charge < -0.3 is 10.1 Å². The number of nitro groups is 1. The van der Waals surface area contributed by atoms with Crippen molar-refractivity contribution in [3.8, 4) is 0 Å². The summed E-state index contributed by atoms with van der Waals surface area (Å²) >= 11 is 0. The Labute approximate surface area is 106 Å². The molecule has 0 atom stereocenters. The molecule has 0 aliphatic carbocycles. The summed E-state index contributed by atoms with van der Waals surface area (Å²) < 4.78 is 5.32. The Balaban J connectivity index is 2.37. The van der Waals surface area contributed by atoms with Gasteiger partial charge in [-0.3, -0.25) is 10.1 Å². The Morgan fingerprint density at radius 2 is 2.39 bits per heavy atom. The van der Waals surface area contributed by atoms with E-state index in [2.05, 4.69) is 16.9 Å². The fourth-order valence-electron chi connectivity index (χ4n) is 1.36. The first kappa shape index (κ1) is 14.1. The zero-order valence-corrected chi connectivity index (χ0v) is 10.4. The van der Waals surface area contributed by atoms with Crippen LogP contribution in [0.1, 0.15) is 12.0 Å². The second kappa shape index (κ2) is 7.39. The standard InChI is InChI=1S/C12H17N3O3/c1-3-4-6-18-7-5-13-12-8-10(2)11(9-14-12)15(16)17/h3,8-9H,1,4-7H2,2H3,(H,13,14).